The van der Waals surface area contributed by atoms with Crippen LogP contribution in [0.4, 0.5) is 13.2 Å². The van der Waals surface area contributed by atoms with Gasteiger partial charge in [0.05, 0.1) is 12.1 Å². The Bertz CT molecular complexity index is 686. The lowest BCUT2D eigenvalue weighted by Crippen LogP contribution is -2.39. The van der Waals surface area contributed by atoms with Crippen molar-refractivity contribution in [2.24, 2.45) is 4.99 Å². The summed E-state index contributed by atoms with van der Waals surface area (Å²) >= 11 is 0. The molecule has 1 heterocycles. The zero-order valence-corrected chi connectivity index (χ0v) is 16.7. The van der Waals surface area contributed by atoms with Crippen molar-refractivity contribution >= 4 is 11.9 Å². The first-order valence-corrected chi connectivity index (χ1v) is 10.0. The van der Waals surface area contributed by atoms with Crippen LogP contribution in [0, 0.1) is 5.82 Å². The number of hydrogen-bond donors (Lipinski definition) is 2. The van der Waals surface area contributed by atoms with Gasteiger partial charge in [-0.25, -0.2) is 9.38 Å². The zero-order chi connectivity index (χ0) is 21.1. The number of aliphatic imine (C=N–C) groups is 1. The van der Waals surface area contributed by atoms with Gasteiger partial charge in [0.2, 0.25) is 5.91 Å². The van der Waals surface area contributed by atoms with E-state index in [-0.39, 0.29) is 23.8 Å². The number of halogens is 3. The molecular formula is C20H29F3N4O2. The highest BCUT2D eigenvalue weighted by atomic mass is 19.3. The topological polar surface area (TPSA) is 66.0 Å². The van der Waals surface area contributed by atoms with Gasteiger partial charge in [-0.1, -0.05) is 12.5 Å². The van der Waals surface area contributed by atoms with E-state index >= 15 is 0 Å². The summed E-state index contributed by atoms with van der Waals surface area (Å²) in [6, 6.07) is 3.79. The van der Waals surface area contributed by atoms with Crippen molar-refractivity contribution in [3.05, 3.63) is 29.6 Å². The van der Waals surface area contributed by atoms with Crippen LogP contribution in [-0.4, -0.2) is 49.6 Å². The number of alkyl halides is 2. The maximum Gasteiger partial charge on any atom is 0.387 e. The lowest BCUT2D eigenvalue weighted by atomic mass is 10.2. The first-order chi connectivity index (χ1) is 14.0. The van der Waals surface area contributed by atoms with Crippen LogP contribution in [0.15, 0.2) is 23.2 Å². The van der Waals surface area contributed by atoms with Crippen LogP contribution in [0.25, 0.3) is 0 Å². The number of ether oxygens (including phenoxy) is 1. The average molecular weight is 414 g/mol. The SMILES string of the molecule is CCNC(=NCc1c(F)cccc1OC(F)F)NCCCN1CCCCCC1=O. The summed E-state index contributed by atoms with van der Waals surface area (Å²) in [5, 5.41) is 6.17. The molecule has 162 valence electrons. The number of nitrogens with zero attached hydrogens (tertiary/aromatic N) is 2. The van der Waals surface area contributed by atoms with E-state index in [1.165, 1.54) is 18.2 Å². The summed E-state index contributed by atoms with van der Waals surface area (Å²) in [6.07, 6.45) is 4.44. The summed E-state index contributed by atoms with van der Waals surface area (Å²) in [5.74, 6) is -0.225. The van der Waals surface area contributed by atoms with Crippen LogP contribution >= 0.6 is 0 Å². The van der Waals surface area contributed by atoms with Crippen LogP contribution in [0.3, 0.4) is 0 Å². The normalized spacial score (nSPS) is 15.4. The van der Waals surface area contributed by atoms with Crippen molar-refractivity contribution in [1.82, 2.24) is 15.5 Å². The van der Waals surface area contributed by atoms with Gasteiger partial charge < -0.3 is 20.3 Å². The fraction of sp³-hybridized carbons (Fsp3) is 0.600. The molecule has 2 N–H and O–H groups in total. The Labute approximate surface area is 169 Å². The zero-order valence-electron chi connectivity index (χ0n) is 16.7. The molecular weight excluding hydrogens is 385 g/mol. The lowest BCUT2D eigenvalue weighted by Gasteiger charge is -2.20. The standard InChI is InChI=1S/C20H29F3N4O2/c1-2-24-20(25-11-7-13-27-12-5-3-4-10-18(27)28)26-14-15-16(21)8-6-9-17(15)29-19(22)23/h6,8-9,19H,2-5,7,10-14H2,1H3,(H2,24,25,26). The molecule has 1 aromatic rings. The predicted octanol–water partition coefficient (Wildman–Crippen LogP) is 3.27. The Morgan fingerprint density at radius 2 is 2.10 bits per heavy atom. The highest BCUT2D eigenvalue weighted by Crippen LogP contribution is 2.24. The minimum absolute atomic E-state index is 0.0276. The number of carbonyl (C=O) groups is 1. The third kappa shape index (κ3) is 7.83. The average Bonchev–Trinajstić information content (AvgIpc) is 2.88. The van der Waals surface area contributed by atoms with Crippen molar-refractivity contribution in [2.75, 3.05) is 26.2 Å². The summed E-state index contributed by atoms with van der Waals surface area (Å²) in [4.78, 5) is 18.2. The number of hydrogen-bond acceptors (Lipinski definition) is 3. The summed E-state index contributed by atoms with van der Waals surface area (Å²) in [6.45, 7) is 1.35. The fourth-order valence-electron chi connectivity index (χ4n) is 3.15. The van der Waals surface area contributed by atoms with Crippen molar-refractivity contribution in [3.63, 3.8) is 0 Å². The first-order valence-electron chi connectivity index (χ1n) is 10.0. The second-order valence-corrected chi connectivity index (χ2v) is 6.76. The van der Waals surface area contributed by atoms with Crippen LogP contribution in [-0.2, 0) is 11.3 Å². The minimum atomic E-state index is -3.03. The van der Waals surface area contributed by atoms with Crippen LogP contribution in [0.1, 0.15) is 44.6 Å². The molecule has 1 amide bonds. The third-order valence-corrected chi connectivity index (χ3v) is 4.60. The van der Waals surface area contributed by atoms with E-state index in [4.69, 9.17) is 0 Å². The van der Waals surface area contributed by atoms with Gasteiger partial charge in [-0.3, -0.25) is 4.79 Å². The fourth-order valence-corrected chi connectivity index (χ4v) is 3.15. The molecule has 29 heavy (non-hydrogen) atoms. The molecule has 9 heteroatoms. The Morgan fingerprint density at radius 3 is 2.86 bits per heavy atom. The first kappa shape index (κ1) is 22.8. The Morgan fingerprint density at radius 1 is 1.28 bits per heavy atom. The van der Waals surface area contributed by atoms with Crippen molar-refractivity contribution in [1.29, 1.82) is 0 Å². The van der Waals surface area contributed by atoms with Crippen molar-refractivity contribution in [3.8, 4) is 5.75 Å². The maximum atomic E-state index is 14.0. The number of amides is 1. The predicted molar refractivity (Wildman–Crippen MR) is 106 cm³/mol. The molecule has 0 spiro atoms. The minimum Gasteiger partial charge on any atom is -0.434 e. The largest absolute Gasteiger partial charge is 0.434 e. The van der Waals surface area contributed by atoms with Crippen LogP contribution in [0.5, 0.6) is 5.75 Å². The van der Waals surface area contributed by atoms with Gasteiger partial charge in [-0.05, 0) is 38.3 Å². The molecule has 0 bridgehead atoms. The van der Waals surface area contributed by atoms with Crippen molar-refractivity contribution < 1.29 is 22.7 Å². The highest BCUT2D eigenvalue weighted by Gasteiger charge is 2.16. The van der Waals surface area contributed by atoms with E-state index in [1.807, 2.05) is 11.8 Å². The maximum absolute atomic E-state index is 14.0. The van der Waals surface area contributed by atoms with Gasteiger partial charge in [-0.2, -0.15) is 8.78 Å². The van der Waals surface area contributed by atoms with E-state index < -0.39 is 12.4 Å². The van der Waals surface area contributed by atoms with Gasteiger partial charge in [0.25, 0.3) is 0 Å². The summed E-state index contributed by atoms with van der Waals surface area (Å²) in [7, 11) is 0. The van der Waals surface area contributed by atoms with E-state index in [9.17, 15) is 18.0 Å². The molecule has 0 atom stereocenters. The molecule has 0 radical (unpaired) electrons. The molecule has 1 aliphatic heterocycles. The lowest BCUT2D eigenvalue weighted by molar-refractivity contribution is -0.130. The number of rotatable bonds is 9. The van der Waals surface area contributed by atoms with Gasteiger partial charge in [0.15, 0.2) is 5.96 Å². The molecule has 0 unspecified atom stereocenters. The summed E-state index contributed by atoms with van der Waals surface area (Å²) < 4.78 is 43.5. The Balaban J connectivity index is 1.90. The van der Waals surface area contributed by atoms with E-state index in [0.717, 1.165) is 32.2 Å². The van der Waals surface area contributed by atoms with Gasteiger partial charge in [0, 0.05) is 32.6 Å². The molecule has 2 rings (SSSR count). The molecule has 1 saturated heterocycles. The number of carbonyl (C=O) groups excluding carboxylic acids is 1. The van der Waals surface area contributed by atoms with Crippen LogP contribution in [0.2, 0.25) is 0 Å². The third-order valence-electron chi connectivity index (χ3n) is 4.60. The van der Waals surface area contributed by atoms with Gasteiger partial charge in [0.1, 0.15) is 11.6 Å². The van der Waals surface area contributed by atoms with Gasteiger partial charge >= 0.3 is 6.61 Å². The summed E-state index contributed by atoms with van der Waals surface area (Å²) in [5.41, 5.74) is -0.0276. The number of benzene rings is 1. The van der Waals surface area contributed by atoms with Gasteiger partial charge in [-0.15, -0.1) is 0 Å². The van der Waals surface area contributed by atoms with Crippen LogP contribution < -0.4 is 15.4 Å². The quantitative estimate of drug-likeness (QED) is 0.370. The molecule has 0 aromatic heterocycles. The number of guanidine groups is 1. The molecule has 1 aliphatic rings. The smallest absolute Gasteiger partial charge is 0.387 e. The van der Waals surface area contributed by atoms with E-state index in [0.29, 0.717) is 32.0 Å². The second-order valence-electron chi connectivity index (χ2n) is 6.76. The Kier molecular flexibility index (Phi) is 9.59. The monoisotopic (exact) mass is 414 g/mol. The second kappa shape index (κ2) is 12.2. The molecule has 6 nitrogen and oxygen atoms in total. The molecule has 0 aliphatic carbocycles. The van der Waals surface area contributed by atoms with Crippen molar-refractivity contribution in [2.45, 2.75) is 52.2 Å². The van der Waals surface area contributed by atoms with E-state index in [2.05, 4.69) is 20.4 Å². The van der Waals surface area contributed by atoms with E-state index in [1.54, 1.807) is 0 Å². The highest BCUT2D eigenvalue weighted by molar-refractivity contribution is 5.79. The molecule has 1 aromatic carbocycles. The Hall–Kier alpha value is -2.45. The number of nitrogens with one attached hydrogen (secondary N) is 2. The molecule has 1 fully saturated rings. The molecule has 0 saturated carbocycles. The number of likely N-dealkylation sites (tertiary alicyclic amines) is 1.